The molecule has 0 bridgehead atoms. The van der Waals surface area contributed by atoms with Crippen LogP contribution in [-0.2, 0) is 6.42 Å². The summed E-state index contributed by atoms with van der Waals surface area (Å²) in [5, 5.41) is 10.8. The maximum Gasteiger partial charge on any atom is 0.287 e. The third-order valence-electron chi connectivity index (χ3n) is 5.29. The molecule has 9 nitrogen and oxygen atoms in total. The number of hydrogen-bond donors (Lipinski definition) is 0. The van der Waals surface area contributed by atoms with E-state index in [9.17, 15) is 14.9 Å². The minimum absolute atomic E-state index is 0.0174. The van der Waals surface area contributed by atoms with Gasteiger partial charge in [0.05, 0.1) is 10.6 Å². The number of nitrogens with zero attached hydrogens (tertiary/aromatic N) is 6. The predicted molar refractivity (Wildman–Crippen MR) is 108 cm³/mol. The first-order valence-electron chi connectivity index (χ1n) is 9.60. The highest BCUT2D eigenvalue weighted by Crippen LogP contribution is 2.21. The van der Waals surface area contributed by atoms with Crippen LogP contribution in [-0.4, -0.2) is 56.3 Å². The van der Waals surface area contributed by atoms with Crippen molar-refractivity contribution in [3.8, 4) is 0 Å². The SMILES string of the molecule is CCc1nc2c(C)cccn2c1C(=O)N1CCN(c2ccc([N+](=O)[O-])cn2)CC1. The number of pyridine rings is 2. The van der Waals surface area contributed by atoms with Gasteiger partial charge >= 0.3 is 0 Å². The van der Waals surface area contributed by atoms with E-state index in [-0.39, 0.29) is 11.6 Å². The number of aryl methyl sites for hydroxylation is 2. The van der Waals surface area contributed by atoms with E-state index in [0.29, 0.717) is 44.1 Å². The number of carbonyl (C=O) groups is 1. The summed E-state index contributed by atoms with van der Waals surface area (Å²) in [5.74, 6) is 0.665. The van der Waals surface area contributed by atoms with Crippen LogP contribution in [0.25, 0.3) is 5.65 Å². The molecule has 29 heavy (non-hydrogen) atoms. The largest absolute Gasteiger partial charge is 0.353 e. The zero-order valence-electron chi connectivity index (χ0n) is 16.4. The minimum Gasteiger partial charge on any atom is -0.353 e. The van der Waals surface area contributed by atoms with Gasteiger partial charge in [0, 0.05) is 38.4 Å². The van der Waals surface area contributed by atoms with E-state index in [2.05, 4.69) is 9.97 Å². The summed E-state index contributed by atoms with van der Waals surface area (Å²) in [4.78, 5) is 36.3. The quantitative estimate of drug-likeness (QED) is 0.498. The van der Waals surface area contributed by atoms with Gasteiger partial charge in [0.25, 0.3) is 11.6 Å². The number of piperazine rings is 1. The number of hydrogen-bond acceptors (Lipinski definition) is 6. The summed E-state index contributed by atoms with van der Waals surface area (Å²) in [6, 6.07) is 7.02. The van der Waals surface area contributed by atoms with Gasteiger partial charge in [0.1, 0.15) is 23.4 Å². The Hall–Kier alpha value is -3.49. The fourth-order valence-electron chi connectivity index (χ4n) is 3.69. The molecule has 1 aliphatic heterocycles. The van der Waals surface area contributed by atoms with Gasteiger partial charge in [0.15, 0.2) is 0 Å². The number of imidazole rings is 1. The van der Waals surface area contributed by atoms with Crippen LogP contribution in [0.3, 0.4) is 0 Å². The average molecular weight is 394 g/mol. The van der Waals surface area contributed by atoms with E-state index in [0.717, 1.165) is 16.9 Å². The number of fused-ring (bicyclic) bond motifs is 1. The topological polar surface area (TPSA) is 96.9 Å². The first-order valence-corrected chi connectivity index (χ1v) is 9.60. The Labute approximate surface area is 167 Å². The average Bonchev–Trinajstić information content (AvgIpc) is 3.13. The minimum atomic E-state index is -0.462. The fraction of sp³-hybridized carbons (Fsp3) is 0.350. The van der Waals surface area contributed by atoms with Gasteiger partial charge in [-0.2, -0.15) is 0 Å². The molecular weight excluding hydrogens is 372 g/mol. The van der Waals surface area contributed by atoms with Gasteiger partial charge in [0.2, 0.25) is 0 Å². The highest BCUT2D eigenvalue weighted by Gasteiger charge is 2.27. The van der Waals surface area contributed by atoms with Crippen LogP contribution in [0.5, 0.6) is 0 Å². The summed E-state index contributed by atoms with van der Waals surface area (Å²) in [6.07, 6.45) is 3.84. The van der Waals surface area contributed by atoms with Gasteiger partial charge in [-0.3, -0.25) is 19.3 Å². The molecule has 150 valence electrons. The number of amides is 1. The molecule has 0 spiro atoms. The lowest BCUT2D eigenvalue weighted by Gasteiger charge is -2.35. The highest BCUT2D eigenvalue weighted by molar-refractivity contribution is 5.95. The molecule has 0 N–H and O–H groups in total. The van der Waals surface area contributed by atoms with Crippen LogP contribution in [0.2, 0.25) is 0 Å². The van der Waals surface area contributed by atoms with Crippen molar-refractivity contribution in [2.75, 3.05) is 31.1 Å². The first-order chi connectivity index (χ1) is 14.0. The third-order valence-corrected chi connectivity index (χ3v) is 5.29. The zero-order chi connectivity index (χ0) is 20.5. The van der Waals surface area contributed by atoms with Crippen LogP contribution < -0.4 is 4.90 Å². The molecule has 3 aromatic heterocycles. The van der Waals surface area contributed by atoms with Crippen LogP contribution in [0.1, 0.15) is 28.7 Å². The van der Waals surface area contributed by atoms with Crippen molar-refractivity contribution in [1.82, 2.24) is 19.3 Å². The van der Waals surface area contributed by atoms with Gasteiger partial charge in [-0.1, -0.05) is 13.0 Å². The van der Waals surface area contributed by atoms with Crippen molar-refractivity contribution < 1.29 is 9.72 Å². The Balaban J connectivity index is 1.52. The molecule has 0 aliphatic carbocycles. The van der Waals surface area contributed by atoms with Gasteiger partial charge in [-0.05, 0) is 31.0 Å². The molecule has 0 atom stereocenters. The molecule has 1 aliphatic rings. The van der Waals surface area contributed by atoms with Gasteiger partial charge < -0.3 is 9.80 Å². The third kappa shape index (κ3) is 3.39. The maximum absolute atomic E-state index is 13.3. The monoisotopic (exact) mass is 394 g/mol. The lowest BCUT2D eigenvalue weighted by Crippen LogP contribution is -2.49. The second kappa shape index (κ2) is 7.50. The number of anilines is 1. The Bertz CT molecular complexity index is 1070. The molecule has 3 aromatic rings. The maximum atomic E-state index is 13.3. The van der Waals surface area contributed by atoms with E-state index in [1.54, 1.807) is 6.07 Å². The molecule has 1 fully saturated rings. The lowest BCUT2D eigenvalue weighted by atomic mass is 10.2. The molecule has 1 amide bonds. The Morgan fingerprint density at radius 2 is 1.97 bits per heavy atom. The standard InChI is InChI=1S/C20H22N6O3/c1-3-16-18(25-8-4-5-14(2)19(25)22-16)20(27)24-11-9-23(10-12-24)17-7-6-15(13-21-17)26(28)29/h4-8,13H,3,9-12H2,1-2H3. The molecule has 0 aromatic carbocycles. The number of carbonyl (C=O) groups excluding carboxylic acids is 1. The summed E-state index contributed by atoms with van der Waals surface area (Å²) in [6.45, 7) is 6.35. The molecule has 0 radical (unpaired) electrons. The van der Waals surface area contributed by atoms with Crippen molar-refractivity contribution in [2.24, 2.45) is 0 Å². The smallest absolute Gasteiger partial charge is 0.287 e. The van der Waals surface area contributed by atoms with Crippen molar-refractivity contribution in [3.63, 3.8) is 0 Å². The van der Waals surface area contributed by atoms with E-state index >= 15 is 0 Å². The molecule has 4 rings (SSSR count). The summed E-state index contributed by atoms with van der Waals surface area (Å²) < 4.78 is 1.89. The molecular formula is C20H22N6O3. The van der Waals surface area contributed by atoms with E-state index in [4.69, 9.17) is 0 Å². The highest BCUT2D eigenvalue weighted by atomic mass is 16.6. The van der Waals surface area contributed by atoms with E-state index in [1.807, 2.05) is 46.4 Å². The van der Waals surface area contributed by atoms with E-state index < -0.39 is 4.92 Å². The normalized spacial score (nSPS) is 14.4. The summed E-state index contributed by atoms with van der Waals surface area (Å²) >= 11 is 0. The zero-order valence-corrected chi connectivity index (χ0v) is 16.4. The molecule has 4 heterocycles. The molecule has 0 unspecified atom stereocenters. The van der Waals surface area contributed by atoms with Crippen molar-refractivity contribution in [1.29, 1.82) is 0 Å². The summed E-state index contributed by atoms with van der Waals surface area (Å²) in [5.41, 5.74) is 3.27. The van der Waals surface area contributed by atoms with E-state index in [1.165, 1.54) is 12.3 Å². The van der Waals surface area contributed by atoms with Crippen LogP contribution in [0, 0.1) is 17.0 Å². The van der Waals surface area contributed by atoms with Crippen LogP contribution >= 0.6 is 0 Å². The summed E-state index contributed by atoms with van der Waals surface area (Å²) in [7, 11) is 0. The Morgan fingerprint density at radius 3 is 2.59 bits per heavy atom. The molecule has 9 heteroatoms. The van der Waals surface area contributed by atoms with Crippen molar-refractivity contribution in [2.45, 2.75) is 20.3 Å². The van der Waals surface area contributed by atoms with Crippen molar-refractivity contribution in [3.05, 3.63) is 63.7 Å². The Kier molecular flexibility index (Phi) is 4.87. The fourth-order valence-corrected chi connectivity index (χ4v) is 3.69. The van der Waals surface area contributed by atoms with Crippen LogP contribution in [0.15, 0.2) is 36.7 Å². The number of aromatic nitrogens is 3. The molecule has 1 saturated heterocycles. The Morgan fingerprint density at radius 1 is 1.21 bits per heavy atom. The van der Waals surface area contributed by atoms with Crippen molar-refractivity contribution >= 4 is 23.1 Å². The number of rotatable bonds is 4. The predicted octanol–water partition coefficient (Wildman–Crippen LogP) is 2.47. The van der Waals surface area contributed by atoms with Gasteiger partial charge in [-0.15, -0.1) is 0 Å². The number of nitro groups is 1. The second-order valence-corrected chi connectivity index (χ2v) is 7.06. The first kappa shape index (κ1) is 18.9. The lowest BCUT2D eigenvalue weighted by molar-refractivity contribution is -0.385. The van der Waals surface area contributed by atoms with Gasteiger partial charge in [-0.25, -0.2) is 9.97 Å². The molecule has 0 saturated carbocycles. The van der Waals surface area contributed by atoms with Crippen LogP contribution in [0.4, 0.5) is 11.5 Å². The second-order valence-electron chi connectivity index (χ2n) is 7.06.